The van der Waals surface area contributed by atoms with Gasteiger partial charge >= 0.3 is 0 Å². The Morgan fingerprint density at radius 2 is 1.04 bits per heavy atom. The third kappa shape index (κ3) is 3.27. The van der Waals surface area contributed by atoms with Gasteiger partial charge in [0.1, 0.15) is 11.6 Å². The largest absolute Gasteiger partial charge is 0.251 e. The molecule has 0 N–H and O–H groups in total. The molecule has 0 fully saturated rings. The number of pyridine rings is 3. The van der Waals surface area contributed by atoms with E-state index in [2.05, 4.69) is 25.2 Å². The van der Waals surface area contributed by atoms with Gasteiger partial charge in [-0.1, -0.05) is 18.2 Å². The summed E-state index contributed by atoms with van der Waals surface area (Å²) in [5.74, 6) is 1.45. The van der Waals surface area contributed by atoms with Crippen LogP contribution < -0.4 is 10.0 Å². The first-order valence-electron chi connectivity index (χ1n) is 8.16. The number of fused-ring (bicyclic) bond motifs is 7. The molecule has 7 heteroatoms. The fourth-order valence-corrected chi connectivity index (χ4v) is 2.51. The number of aromatic nitrogens is 3. The van der Waals surface area contributed by atoms with Gasteiger partial charge in [-0.05, 0) is 36.4 Å². The Hall–Kier alpha value is -3.61. The lowest BCUT2D eigenvalue weighted by molar-refractivity contribution is 0.974. The summed E-state index contributed by atoms with van der Waals surface area (Å²) in [5, 5.41) is 12.3. The summed E-state index contributed by atoms with van der Waals surface area (Å²) < 4.78 is 0. The Balaban J connectivity index is 1.87. The molecule has 0 aromatic carbocycles. The molecule has 1 aliphatic rings. The summed E-state index contributed by atoms with van der Waals surface area (Å²) in [5.41, 5.74) is 3.04. The molecule has 6 bridgehead atoms. The van der Waals surface area contributed by atoms with Crippen LogP contribution in [-0.4, -0.2) is 41.5 Å². The van der Waals surface area contributed by atoms with Crippen molar-refractivity contribution in [3.05, 3.63) is 66.0 Å². The van der Waals surface area contributed by atoms with Gasteiger partial charge in [-0.15, -0.1) is 0 Å². The van der Waals surface area contributed by atoms with Gasteiger partial charge in [0.25, 0.3) is 0 Å². The average Bonchev–Trinajstić information content (AvgIpc) is 2.70. The van der Waals surface area contributed by atoms with Gasteiger partial charge in [0, 0.05) is 14.1 Å². The highest BCUT2D eigenvalue weighted by Crippen LogP contribution is 2.21. The zero-order chi connectivity index (χ0) is 17.9. The third-order valence-corrected chi connectivity index (χ3v) is 3.91. The second-order valence-electron chi connectivity index (χ2n) is 5.79. The highest BCUT2D eigenvalue weighted by Gasteiger charge is 2.08. The van der Waals surface area contributed by atoms with Crippen LogP contribution in [0.5, 0.6) is 0 Å². The molecule has 0 atom stereocenters. The molecule has 0 spiro atoms. The molecule has 0 aliphatic carbocycles. The lowest BCUT2D eigenvalue weighted by atomic mass is 10.2. The Morgan fingerprint density at radius 1 is 0.577 bits per heavy atom. The van der Waals surface area contributed by atoms with E-state index in [9.17, 15) is 0 Å². The number of anilines is 2. The molecule has 0 saturated heterocycles. The normalized spacial score (nSPS) is 15.8. The van der Waals surface area contributed by atoms with Crippen molar-refractivity contribution >= 4 is 24.1 Å². The van der Waals surface area contributed by atoms with Crippen LogP contribution >= 0.6 is 0 Å². The van der Waals surface area contributed by atoms with Crippen LogP contribution in [0.4, 0.5) is 11.6 Å². The molecule has 1 aliphatic heterocycles. The molecule has 0 amide bonds. The van der Waals surface area contributed by atoms with Crippen molar-refractivity contribution in [3.8, 4) is 11.4 Å². The van der Waals surface area contributed by atoms with Gasteiger partial charge in [-0.25, -0.2) is 15.0 Å². The van der Waals surface area contributed by atoms with E-state index < -0.39 is 0 Å². The zero-order valence-corrected chi connectivity index (χ0v) is 14.5. The van der Waals surface area contributed by atoms with Crippen molar-refractivity contribution in [1.29, 1.82) is 0 Å². The van der Waals surface area contributed by atoms with E-state index in [-0.39, 0.29) is 0 Å². The minimum Gasteiger partial charge on any atom is -0.251 e. The van der Waals surface area contributed by atoms with E-state index in [1.54, 1.807) is 22.4 Å². The molecule has 3 aromatic heterocycles. The highest BCUT2D eigenvalue weighted by atomic mass is 15.5. The molecule has 4 heterocycles. The van der Waals surface area contributed by atoms with Crippen molar-refractivity contribution < 1.29 is 0 Å². The predicted molar refractivity (Wildman–Crippen MR) is 104 cm³/mol. The topological polar surface area (TPSA) is 69.9 Å². The van der Waals surface area contributed by atoms with E-state index in [1.807, 2.05) is 68.7 Å². The number of hydrogen-bond acceptors (Lipinski definition) is 7. The maximum Gasteiger partial charge on any atom is 0.149 e. The van der Waals surface area contributed by atoms with Gasteiger partial charge in [0.2, 0.25) is 0 Å². The third-order valence-electron chi connectivity index (χ3n) is 3.91. The maximum absolute atomic E-state index is 4.67. The van der Waals surface area contributed by atoms with Crippen LogP contribution in [-0.2, 0) is 0 Å². The molecular weight excluding hydrogens is 326 g/mol. The summed E-state index contributed by atoms with van der Waals surface area (Å²) in [6.45, 7) is 0. The number of rotatable bonds is 0. The second-order valence-corrected chi connectivity index (χ2v) is 5.79. The van der Waals surface area contributed by atoms with Crippen molar-refractivity contribution in [2.24, 2.45) is 10.2 Å². The van der Waals surface area contributed by atoms with E-state index >= 15 is 0 Å². The van der Waals surface area contributed by atoms with Crippen LogP contribution in [0.25, 0.3) is 11.4 Å². The summed E-state index contributed by atoms with van der Waals surface area (Å²) in [6.07, 6.45) is 3.40. The van der Waals surface area contributed by atoms with Crippen LogP contribution in [0.15, 0.2) is 64.8 Å². The Morgan fingerprint density at radius 3 is 1.54 bits per heavy atom. The Bertz CT molecular complexity index is 920. The molecular formula is C19H17N7. The van der Waals surface area contributed by atoms with Gasteiger partial charge in [-0.3, -0.25) is 10.0 Å². The zero-order valence-electron chi connectivity index (χ0n) is 14.5. The first-order valence-corrected chi connectivity index (χ1v) is 8.16. The van der Waals surface area contributed by atoms with Crippen LogP contribution in [0.1, 0.15) is 11.4 Å². The first kappa shape index (κ1) is 15.9. The number of hydrogen-bond donors (Lipinski definition) is 0. The van der Waals surface area contributed by atoms with Gasteiger partial charge in [0.15, 0.2) is 0 Å². The standard InChI is InChI=1S/C19H17N7/c1-25-18-10-4-8-16(23-18)17-9-5-11-19(24-17)26(2)21-13-15-7-3-6-14(22-15)12-20-25/h3-13H,1-2H3/b20-12+,21-13+. The minimum atomic E-state index is 0.724. The molecule has 0 radical (unpaired) electrons. The monoisotopic (exact) mass is 343 g/mol. The first-order chi connectivity index (χ1) is 12.7. The second kappa shape index (κ2) is 6.72. The number of nitrogens with zero attached hydrogens (tertiary/aromatic N) is 7. The fourth-order valence-electron chi connectivity index (χ4n) is 2.51. The molecule has 4 rings (SSSR count). The summed E-state index contributed by atoms with van der Waals surface area (Å²) in [7, 11) is 3.70. The maximum atomic E-state index is 4.67. The lowest BCUT2D eigenvalue weighted by Gasteiger charge is -2.14. The van der Waals surface area contributed by atoms with Crippen LogP contribution in [0.2, 0.25) is 0 Å². The van der Waals surface area contributed by atoms with Crippen molar-refractivity contribution in [3.63, 3.8) is 0 Å². The van der Waals surface area contributed by atoms with Gasteiger partial charge in [-0.2, -0.15) is 10.2 Å². The molecule has 26 heavy (non-hydrogen) atoms. The Kier molecular flexibility index (Phi) is 4.10. The minimum absolute atomic E-state index is 0.724. The summed E-state index contributed by atoms with van der Waals surface area (Å²) >= 11 is 0. The van der Waals surface area contributed by atoms with E-state index in [0.717, 1.165) is 34.4 Å². The quantitative estimate of drug-likeness (QED) is 0.628. The van der Waals surface area contributed by atoms with Crippen LogP contribution in [0.3, 0.4) is 0 Å². The van der Waals surface area contributed by atoms with Crippen molar-refractivity contribution in [2.75, 3.05) is 24.1 Å². The van der Waals surface area contributed by atoms with Gasteiger partial charge in [0.05, 0.1) is 35.2 Å². The highest BCUT2D eigenvalue weighted by molar-refractivity contribution is 5.82. The number of hydrazone groups is 2. The molecule has 7 nitrogen and oxygen atoms in total. The van der Waals surface area contributed by atoms with E-state index in [4.69, 9.17) is 0 Å². The molecule has 128 valence electrons. The van der Waals surface area contributed by atoms with E-state index in [0.29, 0.717) is 0 Å². The lowest BCUT2D eigenvalue weighted by Crippen LogP contribution is -2.11. The summed E-state index contributed by atoms with van der Waals surface area (Å²) in [6, 6.07) is 17.3. The predicted octanol–water partition coefficient (Wildman–Crippen LogP) is 2.79. The smallest absolute Gasteiger partial charge is 0.149 e. The van der Waals surface area contributed by atoms with Crippen LogP contribution in [0, 0.1) is 0 Å². The molecule has 0 unspecified atom stereocenters. The van der Waals surface area contributed by atoms with Gasteiger partial charge < -0.3 is 0 Å². The SMILES string of the molecule is CN1/N=C/c2cccc(n2)/C=N/N(C)c2cccc(n2)-c2cccc1n2. The molecule has 3 aromatic rings. The fraction of sp³-hybridized carbons (Fsp3) is 0.105. The van der Waals surface area contributed by atoms with Crippen molar-refractivity contribution in [1.82, 2.24) is 15.0 Å². The molecule has 0 saturated carbocycles. The van der Waals surface area contributed by atoms with Crippen molar-refractivity contribution in [2.45, 2.75) is 0 Å². The Labute approximate surface area is 151 Å². The average molecular weight is 343 g/mol. The van der Waals surface area contributed by atoms with E-state index in [1.165, 1.54) is 0 Å². The summed E-state index contributed by atoms with van der Waals surface area (Å²) in [4.78, 5) is 13.9.